The highest BCUT2D eigenvalue weighted by molar-refractivity contribution is 5.95. The zero-order valence-electron chi connectivity index (χ0n) is 21.6. The number of aromatic hydroxyl groups is 1. The van der Waals surface area contributed by atoms with Crippen LogP contribution in [0.15, 0.2) is 54.7 Å². The van der Waals surface area contributed by atoms with E-state index in [1.54, 1.807) is 24.4 Å². The first kappa shape index (κ1) is 29.6. The molecule has 212 valence electrons. The molecule has 13 heteroatoms. The number of carboxylic acids is 2. The summed E-state index contributed by atoms with van der Waals surface area (Å²) in [6, 6.07) is 8.00. The number of amides is 3. The van der Waals surface area contributed by atoms with Crippen molar-refractivity contribution in [2.45, 2.75) is 50.4 Å². The molecule has 4 unspecified atom stereocenters. The normalized spacial score (nSPS) is 13.9. The molecule has 9 N–H and O–H groups in total. The van der Waals surface area contributed by atoms with Crippen molar-refractivity contribution < 1.29 is 39.3 Å². The van der Waals surface area contributed by atoms with E-state index in [2.05, 4.69) is 20.9 Å². The second kappa shape index (κ2) is 13.2. The highest BCUT2D eigenvalue weighted by Crippen LogP contribution is 2.19. The fourth-order valence-electron chi connectivity index (χ4n) is 4.04. The SMILES string of the molecule is CC(NC(=O)C(CC(=O)O)NC(=O)C(N)Cc1ccc(O)cc1)C(=O)NC(Cc1c[nH]c2ccccc12)C(=O)O. The topological polar surface area (TPSA) is 224 Å². The Balaban J connectivity index is 1.61. The average Bonchev–Trinajstić information content (AvgIpc) is 3.31. The number of benzene rings is 2. The van der Waals surface area contributed by atoms with Crippen molar-refractivity contribution in [3.05, 3.63) is 65.9 Å². The summed E-state index contributed by atoms with van der Waals surface area (Å²) in [6.07, 6.45) is 0.904. The first-order valence-electron chi connectivity index (χ1n) is 12.4. The van der Waals surface area contributed by atoms with Crippen LogP contribution < -0.4 is 21.7 Å². The van der Waals surface area contributed by atoms with Crippen molar-refractivity contribution in [3.63, 3.8) is 0 Å². The number of hydrogen-bond donors (Lipinski definition) is 8. The van der Waals surface area contributed by atoms with Gasteiger partial charge in [-0.3, -0.25) is 19.2 Å². The van der Waals surface area contributed by atoms with E-state index in [1.165, 1.54) is 19.1 Å². The summed E-state index contributed by atoms with van der Waals surface area (Å²) in [4.78, 5) is 64.4. The lowest BCUT2D eigenvalue weighted by molar-refractivity contribution is -0.143. The lowest BCUT2D eigenvalue weighted by atomic mass is 10.0. The molecule has 13 nitrogen and oxygen atoms in total. The van der Waals surface area contributed by atoms with Gasteiger partial charge >= 0.3 is 11.9 Å². The Labute approximate surface area is 228 Å². The third-order valence-corrected chi connectivity index (χ3v) is 6.21. The maximum atomic E-state index is 12.8. The fourth-order valence-corrected chi connectivity index (χ4v) is 4.04. The van der Waals surface area contributed by atoms with Gasteiger partial charge in [-0.05, 0) is 42.7 Å². The third-order valence-electron chi connectivity index (χ3n) is 6.21. The number of fused-ring (bicyclic) bond motifs is 1. The smallest absolute Gasteiger partial charge is 0.326 e. The second-order valence-electron chi connectivity index (χ2n) is 9.33. The van der Waals surface area contributed by atoms with Gasteiger partial charge in [0, 0.05) is 23.5 Å². The van der Waals surface area contributed by atoms with E-state index in [0.29, 0.717) is 11.1 Å². The Bertz CT molecular complexity index is 1390. The summed E-state index contributed by atoms with van der Waals surface area (Å²) in [5.41, 5.74) is 8.03. The molecule has 3 amide bonds. The van der Waals surface area contributed by atoms with Crippen LogP contribution in [0.4, 0.5) is 0 Å². The number of hydrogen-bond acceptors (Lipinski definition) is 7. The molecule has 0 saturated carbocycles. The van der Waals surface area contributed by atoms with Gasteiger partial charge < -0.3 is 42.0 Å². The van der Waals surface area contributed by atoms with Crippen LogP contribution in [-0.2, 0) is 36.8 Å². The number of phenols is 1. The molecule has 0 aliphatic heterocycles. The Hall–Kier alpha value is -4.91. The molecule has 0 aliphatic rings. The number of carboxylic acid groups (broad SMARTS) is 2. The molecule has 0 aliphatic carbocycles. The van der Waals surface area contributed by atoms with Crippen LogP contribution in [0.25, 0.3) is 10.9 Å². The number of H-pyrrole nitrogens is 1. The summed E-state index contributed by atoms with van der Waals surface area (Å²) >= 11 is 0. The van der Waals surface area contributed by atoms with Gasteiger partial charge in [0.1, 0.15) is 23.9 Å². The molecule has 2 aromatic carbocycles. The number of nitrogens with two attached hydrogens (primary N) is 1. The predicted molar refractivity (Wildman–Crippen MR) is 143 cm³/mol. The highest BCUT2D eigenvalue weighted by atomic mass is 16.4. The van der Waals surface area contributed by atoms with Crippen molar-refractivity contribution >= 4 is 40.6 Å². The Morgan fingerprint density at radius 1 is 0.850 bits per heavy atom. The molecule has 4 atom stereocenters. The van der Waals surface area contributed by atoms with Crippen LogP contribution in [-0.4, -0.2) is 74.1 Å². The maximum absolute atomic E-state index is 12.8. The number of aliphatic carboxylic acids is 2. The van der Waals surface area contributed by atoms with E-state index in [9.17, 15) is 39.3 Å². The number of carbonyl (C=O) groups excluding carboxylic acids is 3. The lowest BCUT2D eigenvalue weighted by Crippen LogP contribution is -2.57. The van der Waals surface area contributed by atoms with E-state index in [-0.39, 0.29) is 18.6 Å². The summed E-state index contributed by atoms with van der Waals surface area (Å²) in [7, 11) is 0. The van der Waals surface area contributed by atoms with Crippen molar-refractivity contribution in [1.82, 2.24) is 20.9 Å². The first-order valence-corrected chi connectivity index (χ1v) is 12.4. The van der Waals surface area contributed by atoms with E-state index in [1.807, 2.05) is 18.2 Å². The highest BCUT2D eigenvalue weighted by Gasteiger charge is 2.30. The molecule has 0 spiro atoms. The Morgan fingerprint density at radius 3 is 2.15 bits per heavy atom. The van der Waals surface area contributed by atoms with Gasteiger partial charge in [0.2, 0.25) is 17.7 Å². The van der Waals surface area contributed by atoms with Crippen molar-refractivity contribution in [1.29, 1.82) is 0 Å². The van der Waals surface area contributed by atoms with Gasteiger partial charge in [0.15, 0.2) is 0 Å². The molecule has 0 bridgehead atoms. The molecule has 3 aromatic rings. The number of aromatic nitrogens is 1. The van der Waals surface area contributed by atoms with Crippen LogP contribution in [0.2, 0.25) is 0 Å². The number of para-hydroxylation sites is 1. The number of rotatable bonds is 13. The van der Waals surface area contributed by atoms with Gasteiger partial charge in [0.25, 0.3) is 0 Å². The first-order chi connectivity index (χ1) is 18.9. The summed E-state index contributed by atoms with van der Waals surface area (Å²) in [5, 5.41) is 36.1. The fraction of sp³-hybridized carbons (Fsp3) is 0.296. The van der Waals surface area contributed by atoms with E-state index < -0.39 is 60.2 Å². The summed E-state index contributed by atoms with van der Waals surface area (Å²) in [5.74, 6) is -5.20. The van der Waals surface area contributed by atoms with Gasteiger partial charge in [-0.25, -0.2) is 4.79 Å². The average molecular weight is 554 g/mol. The minimum atomic E-state index is -1.55. The molecule has 0 saturated heterocycles. The molecule has 3 rings (SSSR count). The van der Waals surface area contributed by atoms with Crippen molar-refractivity contribution in [3.8, 4) is 5.75 Å². The van der Waals surface area contributed by atoms with Crippen molar-refractivity contribution in [2.75, 3.05) is 0 Å². The predicted octanol–water partition coefficient (Wildman–Crippen LogP) is 0.0196. The minimum Gasteiger partial charge on any atom is -0.508 e. The second-order valence-corrected chi connectivity index (χ2v) is 9.33. The van der Waals surface area contributed by atoms with Gasteiger partial charge in [-0.15, -0.1) is 0 Å². The van der Waals surface area contributed by atoms with Crippen LogP contribution in [0.1, 0.15) is 24.5 Å². The van der Waals surface area contributed by atoms with Crippen LogP contribution in [0.5, 0.6) is 5.75 Å². The minimum absolute atomic E-state index is 0.0254. The number of aromatic amines is 1. The Kier molecular flexibility index (Phi) is 9.81. The molecular formula is C27H31N5O8. The lowest BCUT2D eigenvalue weighted by Gasteiger charge is -2.23. The summed E-state index contributed by atoms with van der Waals surface area (Å²) in [6.45, 7) is 1.30. The van der Waals surface area contributed by atoms with E-state index in [4.69, 9.17) is 5.73 Å². The van der Waals surface area contributed by atoms with Crippen LogP contribution in [0, 0.1) is 0 Å². The number of nitrogens with one attached hydrogen (secondary N) is 4. The number of phenolic OH excluding ortho intramolecular Hbond substituents is 1. The zero-order chi connectivity index (χ0) is 29.4. The van der Waals surface area contributed by atoms with Gasteiger partial charge in [-0.2, -0.15) is 0 Å². The molecular weight excluding hydrogens is 522 g/mol. The quantitative estimate of drug-likeness (QED) is 0.143. The van der Waals surface area contributed by atoms with E-state index >= 15 is 0 Å². The van der Waals surface area contributed by atoms with Crippen LogP contribution >= 0.6 is 0 Å². The molecule has 1 heterocycles. The van der Waals surface area contributed by atoms with E-state index in [0.717, 1.165) is 10.9 Å². The van der Waals surface area contributed by atoms with Gasteiger partial charge in [0.05, 0.1) is 12.5 Å². The van der Waals surface area contributed by atoms with Crippen LogP contribution in [0.3, 0.4) is 0 Å². The molecule has 1 aromatic heterocycles. The number of carbonyl (C=O) groups is 5. The Morgan fingerprint density at radius 2 is 1.50 bits per heavy atom. The monoisotopic (exact) mass is 553 g/mol. The zero-order valence-corrected chi connectivity index (χ0v) is 21.6. The molecule has 40 heavy (non-hydrogen) atoms. The molecule has 0 radical (unpaired) electrons. The molecule has 0 fully saturated rings. The van der Waals surface area contributed by atoms with Crippen molar-refractivity contribution in [2.24, 2.45) is 5.73 Å². The largest absolute Gasteiger partial charge is 0.508 e. The third kappa shape index (κ3) is 8.04. The maximum Gasteiger partial charge on any atom is 0.326 e. The standard InChI is InChI=1S/C27H31N5O8/c1-14(24(36)32-22(27(39)40)11-16-13-29-20-5-3-2-4-18(16)20)30-26(38)21(12-23(34)35)31-25(37)19(28)10-15-6-8-17(33)9-7-15/h2-9,13-14,19,21-22,29,33H,10-12,28H2,1H3,(H,30,38)(H,31,37)(H,32,36)(H,34,35)(H,39,40). The van der Waals surface area contributed by atoms with Gasteiger partial charge in [-0.1, -0.05) is 30.3 Å². The summed E-state index contributed by atoms with van der Waals surface area (Å²) < 4.78 is 0.